The number of carbonyl (C=O) groups is 3. The van der Waals surface area contributed by atoms with E-state index in [9.17, 15) is 14.4 Å². The molecule has 2 heterocycles. The van der Waals surface area contributed by atoms with Crippen LogP contribution in [0.25, 0.3) is 0 Å². The third-order valence-electron chi connectivity index (χ3n) is 4.50. The molecule has 1 N–H and O–H groups in total. The second kappa shape index (κ2) is 7.75. The highest BCUT2D eigenvalue weighted by Crippen LogP contribution is 2.31. The molecule has 1 aromatic heterocycles. The maximum absolute atomic E-state index is 12.7. The third-order valence-corrected chi connectivity index (χ3v) is 4.50. The predicted molar refractivity (Wildman–Crippen MR) is 98.2 cm³/mol. The number of hydrogen-bond acceptors (Lipinski definition) is 7. The maximum atomic E-state index is 12.7. The lowest BCUT2D eigenvalue weighted by molar-refractivity contribution is 0.0316. The van der Waals surface area contributed by atoms with Crippen LogP contribution in [0.1, 0.15) is 49.4 Å². The average molecular weight is 387 g/mol. The first-order chi connectivity index (χ1) is 13.3. The zero-order valence-electron chi connectivity index (χ0n) is 16.1. The zero-order valence-corrected chi connectivity index (χ0v) is 16.1. The van der Waals surface area contributed by atoms with E-state index >= 15 is 0 Å². The summed E-state index contributed by atoms with van der Waals surface area (Å²) in [6.45, 7) is 5.63. The molecule has 1 aliphatic rings. The highest BCUT2D eigenvalue weighted by atomic mass is 16.6. The minimum Gasteiger partial charge on any atom is -0.486 e. The number of carbonyl (C=O) groups excluding carboxylic acids is 3. The molecule has 0 aliphatic carbocycles. The lowest BCUT2D eigenvalue weighted by Gasteiger charge is -2.19. The fraction of sp³-hybridized carbons (Fsp3) is 0.350. The maximum Gasteiger partial charge on any atom is 0.339 e. The Morgan fingerprint density at radius 1 is 1.07 bits per heavy atom. The molecule has 8 nitrogen and oxygen atoms in total. The number of ketones is 1. The van der Waals surface area contributed by atoms with Gasteiger partial charge in [-0.15, -0.1) is 0 Å². The van der Waals surface area contributed by atoms with Crippen molar-refractivity contribution in [3.63, 3.8) is 0 Å². The van der Waals surface area contributed by atoms with E-state index in [0.717, 1.165) is 0 Å². The van der Waals surface area contributed by atoms with Crippen LogP contribution in [-0.4, -0.2) is 49.1 Å². The van der Waals surface area contributed by atoms with Crippen LogP contribution in [0.3, 0.4) is 0 Å². The summed E-state index contributed by atoms with van der Waals surface area (Å²) in [5, 5.41) is 0. The Bertz CT molecular complexity index is 944. The third kappa shape index (κ3) is 3.58. The van der Waals surface area contributed by atoms with Crippen LogP contribution in [0.2, 0.25) is 0 Å². The number of fused-ring (bicyclic) bond motifs is 1. The van der Waals surface area contributed by atoms with Gasteiger partial charge in [-0.2, -0.15) is 0 Å². The Labute approximate surface area is 161 Å². The van der Waals surface area contributed by atoms with Crippen molar-refractivity contribution in [1.82, 2.24) is 4.98 Å². The van der Waals surface area contributed by atoms with Crippen molar-refractivity contribution in [2.24, 2.45) is 0 Å². The lowest BCUT2D eigenvalue weighted by atomic mass is 10.1. The first-order valence-corrected chi connectivity index (χ1v) is 8.75. The van der Waals surface area contributed by atoms with E-state index in [1.807, 2.05) is 0 Å². The van der Waals surface area contributed by atoms with Gasteiger partial charge in [0.1, 0.15) is 13.2 Å². The van der Waals surface area contributed by atoms with Crippen molar-refractivity contribution in [2.75, 3.05) is 20.3 Å². The van der Waals surface area contributed by atoms with Gasteiger partial charge in [-0.05, 0) is 44.5 Å². The Balaban J connectivity index is 1.76. The normalized spacial score (nSPS) is 13.6. The van der Waals surface area contributed by atoms with E-state index < -0.39 is 23.8 Å². The molecule has 0 saturated carbocycles. The average Bonchev–Trinajstić information content (AvgIpc) is 3.00. The molecule has 2 aromatic rings. The van der Waals surface area contributed by atoms with Gasteiger partial charge >= 0.3 is 11.9 Å². The summed E-state index contributed by atoms with van der Waals surface area (Å²) in [6.07, 6.45) is -1.05. The van der Waals surface area contributed by atoms with Crippen molar-refractivity contribution < 1.29 is 33.3 Å². The molecule has 0 bridgehead atoms. The molecule has 0 fully saturated rings. The van der Waals surface area contributed by atoms with E-state index in [-0.39, 0.29) is 11.3 Å². The second-order valence-electron chi connectivity index (χ2n) is 6.39. The topological polar surface area (TPSA) is 104 Å². The number of nitrogens with one attached hydrogen (secondary N) is 1. The van der Waals surface area contributed by atoms with Gasteiger partial charge in [0, 0.05) is 5.69 Å². The quantitative estimate of drug-likeness (QED) is 0.621. The fourth-order valence-corrected chi connectivity index (χ4v) is 3.06. The van der Waals surface area contributed by atoms with Gasteiger partial charge in [0.2, 0.25) is 5.78 Å². The van der Waals surface area contributed by atoms with Crippen LogP contribution in [0.15, 0.2) is 18.2 Å². The lowest BCUT2D eigenvalue weighted by Crippen LogP contribution is -2.25. The van der Waals surface area contributed by atoms with E-state index in [1.54, 1.807) is 26.0 Å². The Morgan fingerprint density at radius 2 is 1.75 bits per heavy atom. The number of ether oxygens (including phenoxy) is 4. The molecule has 1 aliphatic heterocycles. The molecule has 28 heavy (non-hydrogen) atoms. The fourth-order valence-electron chi connectivity index (χ4n) is 3.06. The van der Waals surface area contributed by atoms with Gasteiger partial charge in [-0.3, -0.25) is 4.79 Å². The minimum atomic E-state index is -1.05. The number of rotatable bonds is 5. The van der Waals surface area contributed by atoms with Crippen LogP contribution in [0.4, 0.5) is 0 Å². The Kier molecular flexibility index (Phi) is 5.39. The molecule has 0 radical (unpaired) electrons. The highest BCUT2D eigenvalue weighted by molar-refractivity contribution is 6.04. The van der Waals surface area contributed by atoms with Crippen molar-refractivity contribution >= 4 is 17.7 Å². The standard InChI is InChI=1S/C20H21NO7/c1-10-16(20(24)25-4)11(2)21-17(10)18(22)12(3)28-19(23)13-5-6-14-15(9-13)27-8-7-26-14/h5-6,9,12,21H,7-8H2,1-4H3. The number of esters is 2. The van der Waals surface area contributed by atoms with Gasteiger partial charge in [-0.1, -0.05) is 0 Å². The summed E-state index contributed by atoms with van der Waals surface area (Å²) in [6, 6.07) is 4.69. The Hall–Kier alpha value is -3.29. The number of aromatic amines is 1. The van der Waals surface area contributed by atoms with Crippen molar-refractivity contribution in [2.45, 2.75) is 26.9 Å². The summed E-state index contributed by atoms with van der Waals surface area (Å²) in [5.41, 5.74) is 1.73. The van der Waals surface area contributed by atoms with Crippen molar-refractivity contribution in [3.8, 4) is 11.5 Å². The molecule has 3 rings (SSSR count). The molecule has 8 heteroatoms. The number of methoxy groups -OCH3 is 1. The molecule has 1 unspecified atom stereocenters. The number of aryl methyl sites for hydroxylation is 1. The zero-order chi connectivity index (χ0) is 20.4. The van der Waals surface area contributed by atoms with Crippen molar-refractivity contribution in [3.05, 3.63) is 46.3 Å². The minimum absolute atomic E-state index is 0.209. The van der Waals surface area contributed by atoms with Crippen LogP contribution in [0.5, 0.6) is 11.5 Å². The van der Waals surface area contributed by atoms with Crippen LogP contribution < -0.4 is 9.47 Å². The number of H-pyrrole nitrogens is 1. The number of aromatic nitrogens is 1. The summed E-state index contributed by atoms with van der Waals surface area (Å²) in [4.78, 5) is 39.9. The molecule has 1 aromatic carbocycles. The second-order valence-corrected chi connectivity index (χ2v) is 6.39. The molecular formula is C20H21NO7. The molecule has 148 valence electrons. The number of hydrogen-bond donors (Lipinski definition) is 1. The SMILES string of the molecule is COC(=O)c1c(C)[nH]c(C(=O)C(C)OC(=O)c2ccc3c(c2)OCCO3)c1C. The van der Waals surface area contributed by atoms with Crippen molar-refractivity contribution in [1.29, 1.82) is 0 Å². The molecule has 1 atom stereocenters. The summed E-state index contributed by atoms with van der Waals surface area (Å²) >= 11 is 0. The molecule has 0 spiro atoms. The predicted octanol–water partition coefficient (Wildman–Crippen LogP) is 2.62. The van der Waals surface area contributed by atoms with Gasteiger partial charge in [0.15, 0.2) is 17.6 Å². The Morgan fingerprint density at radius 3 is 2.43 bits per heavy atom. The van der Waals surface area contributed by atoms with Gasteiger partial charge < -0.3 is 23.9 Å². The monoisotopic (exact) mass is 387 g/mol. The van der Waals surface area contributed by atoms with Crippen LogP contribution >= 0.6 is 0 Å². The first kappa shape index (κ1) is 19.5. The van der Waals surface area contributed by atoms with E-state index in [2.05, 4.69) is 4.98 Å². The molecule has 0 saturated heterocycles. The van der Waals surface area contributed by atoms with Gasteiger partial charge in [-0.25, -0.2) is 9.59 Å². The van der Waals surface area contributed by atoms with Gasteiger partial charge in [0.25, 0.3) is 0 Å². The van der Waals surface area contributed by atoms with Crippen LogP contribution in [-0.2, 0) is 9.47 Å². The number of Topliss-reactive ketones (excluding diaryl/α,β-unsaturated/α-hetero) is 1. The summed E-state index contributed by atoms with van der Waals surface area (Å²) in [5.74, 6) is -0.627. The highest BCUT2D eigenvalue weighted by Gasteiger charge is 2.28. The van der Waals surface area contributed by atoms with E-state index in [0.29, 0.717) is 41.5 Å². The molecule has 0 amide bonds. The number of benzene rings is 1. The summed E-state index contributed by atoms with van der Waals surface area (Å²) < 4.78 is 20.9. The summed E-state index contributed by atoms with van der Waals surface area (Å²) in [7, 11) is 1.27. The van der Waals surface area contributed by atoms with Gasteiger partial charge in [0.05, 0.1) is 23.9 Å². The molecular weight excluding hydrogens is 366 g/mol. The smallest absolute Gasteiger partial charge is 0.339 e. The van der Waals surface area contributed by atoms with Crippen LogP contribution in [0, 0.1) is 13.8 Å². The first-order valence-electron chi connectivity index (χ1n) is 8.75. The van der Waals surface area contributed by atoms with E-state index in [1.165, 1.54) is 20.1 Å². The van der Waals surface area contributed by atoms with E-state index in [4.69, 9.17) is 18.9 Å². The largest absolute Gasteiger partial charge is 0.486 e.